The van der Waals surface area contributed by atoms with Gasteiger partial charge in [-0.25, -0.2) is 0 Å². The largest absolute Gasteiger partial charge is 0.351 e. The zero-order valence-electron chi connectivity index (χ0n) is 13.9. The van der Waals surface area contributed by atoms with E-state index in [9.17, 15) is 4.79 Å². The summed E-state index contributed by atoms with van der Waals surface area (Å²) in [5.41, 5.74) is 0.961. The third-order valence-electron chi connectivity index (χ3n) is 4.12. The Labute approximate surface area is 135 Å². The summed E-state index contributed by atoms with van der Waals surface area (Å²) in [5.74, 6) is 0.955. The van der Waals surface area contributed by atoms with Crippen LogP contribution in [0.2, 0.25) is 0 Å². The number of anilines is 1. The van der Waals surface area contributed by atoms with E-state index in [2.05, 4.69) is 41.0 Å². The number of likely N-dealkylation sites (N-methyl/N-ethyl adjacent to an activating group) is 1. The van der Waals surface area contributed by atoms with Crippen LogP contribution in [0.4, 0.5) is 5.82 Å². The minimum Gasteiger partial charge on any atom is -0.351 e. The molecule has 0 spiro atoms. The highest BCUT2D eigenvalue weighted by molar-refractivity contribution is 5.91. The van der Waals surface area contributed by atoms with Gasteiger partial charge in [0.15, 0.2) is 5.82 Å². The van der Waals surface area contributed by atoms with E-state index in [0.29, 0.717) is 0 Å². The molecule has 1 aliphatic rings. The quantitative estimate of drug-likeness (QED) is 0.858. The van der Waals surface area contributed by atoms with Crippen LogP contribution in [0.1, 0.15) is 37.0 Å². The van der Waals surface area contributed by atoms with Gasteiger partial charge in [0.25, 0.3) is 5.91 Å². The van der Waals surface area contributed by atoms with E-state index in [1.165, 1.54) is 6.20 Å². The van der Waals surface area contributed by atoms with Gasteiger partial charge in [-0.15, -0.1) is 5.10 Å². The number of nitrogens with zero attached hydrogens (tertiary/aromatic N) is 5. The highest BCUT2D eigenvalue weighted by Crippen LogP contribution is 2.24. The van der Waals surface area contributed by atoms with Gasteiger partial charge in [0, 0.05) is 31.6 Å². The molecule has 3 heterocycles. The van der Waals surface area contributed by atoms with Crippen molar-refractivity contribution in [1.82, 2.24) is 20.3 Å². The van der Waals surface area contributed by atoms with Crippen molar-refractivity contribution in [2.24, 2.45) is 0 Å². The number of aromatic nitrogens is 3. The van der Waals surface area contributed by atoms with Crippen molar-refractivity contribution in [2.75, 3.05) is 25.0 Å². The van der Waals surface area contributed by atoms with E-state index in [0.717, 1.165) is 24.6 Å². The van der Waals surface area contributed by atoms with Gasteiger partial charge in [0.2, 0.25) is 5.76 Å². The normalized spacial score (nSPS) is 15.4. The number of carbonyl (C=O) groups is 1. The molecule has 0 aromatic carbocycles. The number of rotatable bonds is 3. The molecule has 122 valence electrons. The van der Waals surface area contributed by atoms with Crippen molar-refractivity contribution in [3.63, 3.8) is 0 Å². The molecule has 7 heteroatoms. The Morgan fingerprint density at radius 3 is 2.52 bits per heavy atom. The second-order valence-electron chi connectivity index (χ2n) is 6.88. The number of carbonyl (C=O) groups excluding carboxylic acids is 1. The van der Waals surface area contributed by atoms with Crippen LogP contribution in [-0.4, -0.2) is 52.3 Å². The molecule has 7 nitrogen and oxygen atoms in total. The van der Waals surface area contributed by atoms with Gasteiger partial charge in [-0.1, -0.05) is 25.9 Å². The maximum absolute atomic E-state index is 12.2. The Morgan fingerprint density at radius 1 is 1.26 bits per heavy atom. The maximum atomic E-state index is 12.2. The third kappa shape index (κ3) is 3.04. The van der Waals surface area contributed by atoms with Crippen LogP contribution < -0.4 is 4.90 Å². The SMILES string of the molecule is CN(C(=O)c1ccno1)C1CN(c2ccc(C(C)(C)C)nn2)C1. The van der Waals surface area contributed by atoms with Crippen LogP contribution in [0.3, 0.4) is 0 Å². The maximum Gasteiger partial charge on any atom is 0.292 e. The fraction of sp³-hybridized carbons (Fsp3) is 0.500. The molecule has 2 aromatic rings. The highest BCUT2D eigenvalue weighted by Gasteiger charge is 2.34. The first kappa shape index (κ1) is 15.5. The van der Waals surface area contributed by atoms with Crippen molar-refractivity contribution in [2.45, 2.75) is 32.2 Å². The molecule has 0 bridgehead atoms. The van der Waals surface area contributed by atoms with Gasteiger partial charge in [-0.05, 0) is 12.1 Å². The van der Waals surface area contributed by atoms with Crippen molar-refractivity contribution in [1.29, 1.82) is 0 Å². The van der Waals surface area contributed by atoms with Gasteiger partial charge in [0.1, 0.15) is 0 Å². The van der Waals surface area contributed by atoms with Crippen LogP contribution in [0.25, 0.3) is 0 Å². The molecule has 1 aliphatic heterocycles. The standard InChI is InChI=1S/C16H21N5O2/c1-16(2,3)13-5-6-14(19-18-13)21-9-11(10-21)20(4)15(22)12-7-8-17-23-12/h5-8,11H,9-10H2,1-4H3. The topological polar surface area (TPSA) is 75.4 Å². The lowest BCUT2D eigenvalue weighted by atomic mass is 9.92. The number of hydrogen-bond donors (Lipinski definition) is 0. The average Bonchev–Trinajstić information content (AvgIpc) is 2.98. The van der Waals surface area contributed by atoms with E-state index in [4.69, 9.17) is 4.52 Å². The van der Waals surface area contributed by atoms with Gasteiger partial charge in [-0.2, -0.15) is 5.10 Å². The fourth-order valence-electron chi connectivity index (χ4n) is 2.45. The molecule has 1 fully saturated rings. The van der Waals surface area contributed by atoms with Crippen LogP contribution >= 0.6 is 0 Å². The minimum atomic E-state index is -0.152. The molecule has 0 aliphatic carbocycles. The van der Waals surface area contributed by atoms with Crippen molar-refractivity contribution in [3.05, 3.63) is 35.9 Å². The summed E-state index contributed by atoms with van der Waals surface area (Å²) >= 11 is 0. The fourth-order valence-corrected chi connectivity index (χ4v) is 2.45. The Kier molecular flexibility index (Phi) is 3.79. The molecule has 0 saturated carbocycles. The molecule has 2 aromatic heterocycles. The summed E-state index contributed by atoms with van der Waals surface area (Å²) < 4.78 is 4.91. The molecule has 23 heavy (non-hydrogen) atoms. The predicted molar refractivity (Wildman–Crippen MR) is 85.3 cm³/mol. The smallest absolute Gasteiger partial charge is 0.292 e. The zero-order valence-corrected chi connectivity index (χ0v) is 13.9. The molecule has 0 atom stereocenters. The average molecular weight is 315 g/mol. The predicted octanol–water partition coefficient (Wildman–Crippen LogP) is 1.72. The van der Waals surface area contributed by atoms with E-state index in [1.807, 2.05) is 12.1 Å². The first-order chi connectivity index (χ1) is 10.9. The van der Waals surface area contributed by atoms with E-state index in [-0.39, 0.29) is 23.1 Å². The summed E-state index contributed by atoms with van der Waals surface area (Å²) in [4.78, 5) is 16.0. The molecular weight excluding hydrogens is 294 g/mol. The van der Waals surface area contributed by atoms with E-state index in [1.54, 1.807) is 18.0 Å². The van der Waals surface area contributed by atoms with Crippen LogP contribution in [0, 0.1) is 0 Å². The Bertz CT molecular complexity index is 669. The Hall–Kier alpha value is -2.44. The third-order valence-corrected chi connectivity index (χ3v) is 4.12. The monoisotopic (exact) mass is 315 g/mol. The summed E-state index contributed by atoms with van der Waals surface area (Å²) in [6.45, 7) is 7.81. The molecule has 1 amide bonds. The summed E-state index contributed by atoms with van der Waals surface area (Å²) in [6, 6.07) is 5.71. The Morgan fingerprint density at radius 2 is 2.00 bits per heavy atom. The first-order valence-corrected chi connectivity index (χ1v) is 7.63. The van der Waals surface area contributed by atoms with Crippen LogP contribution in [0.15, 0.2) is 28.9 Å². The van der Waals surface area contributed by atoms with Crippen molar-refractivity contribution in [3.8, 4) is 0 Å². The first-order valence-electron chi connectivity index (χ1n) is 7.63. The van der Waals surface area contributed by atoms with Gasteiger partial charge < -0.3 is 14.3 Å². The molecule has 0 unspecified atom stereocenters. The lowest BCUT2D eigenvalue weighted by Crippen LogP contribution is -2.60. The Balaban J connectivity index is 1.59. The second-order valence-corrected chi connectivity index (χ2v) is 6.88. The highest BCUT2D eigenvalue weighted by atomic mass is 16.5. The molecule has 1 saturated heterocycles. The lowest BCUT2D eigenvalue weighted by Gasteiger charge is -2.44. The van der Waals surface area contributed by atoms with Crippen LogP contribution in [0.5, 0.6) is 0 Å². The second kappa shape index (κ2) is 5.64. The summed E-state index contributed by atoms with van der Waals surface area (Å²) in [7, 11) is 1.78. The van der Waals surface area contributed by atoms with Crippen molar-refractivity contribution >= 4 is 11.7 Å². The van der Waals surface area contributed by atoms with Crippen LogP contribution in [-0.2, 0) is 5.41 Å². The molecular formula is C16H21N5O2. The van der Waals surface area contributed by atoms with Crippen molar-refractivity contribution < 1.29 is 9.32 Å². The summed E-state index contributed by atoms with van der Waals surface area (Å²) in [6.07, 6.45) is 1.47. The lowest BCUT2D eigenvalue weighted by molar-refractivity contribution is 0.0663. The van der Waals surface area contributed by atoms with Gasteiger partial charge in [-0.3, -0.25) is 4.79 Å². The van der Waals surface area contributed by atoms with Gasteiger partial charge >= 0.3 is 0 Å². The molecule has 3 rings (SSSR count). The summed E-state index contributed by atoms with van der Waals surface area (Å²) in [5, 5.41) is 12.2. The molecule has 0 radical (unpaired) electrons. The number of hydrogen-bond acceptors (Lipinski definition) is 6. The van der Waals surface area contributed by atoms with E-state index >= 15 is 0 Å². The zero-order chi connectivity index (χ0) is 16.6. The molecule has 0 N–H and O–H groups in total. The van der Waals surface area contributed by atoms with E-state index < -0.39 is 0 Å². The minimum absolute atomic E-state index is 0.00722. The number of amides is 1. The van der Waals surface area contributed by atoms with Gasteiger partial charge in [0.05, 0.1) is 17.9 Å².